The molecule has 0 aliphatic carbocycles. The number of benzene rings is 2. The van der Waals surface area contributed by atoms with Crippen LogP contribution in [0.2, 0.25) is 0 Å². The van der Waals surface area contributed by atoms with Crippen LogP contribution < -0.4 is 0 Å². The van der Waals surface area contributed by atoms with Crippen LogP contribution in [-0.4, -0.2) is 29.9 Å². The summed E-state index contributed by atoms with van der Waals surface area (Å²) in [6, 6.07) is 48.9. The van der Waals surface area contributed by atoms with Gasteiger partial charge in [0, 0.05) is 24.8 Å². The van der Waals surface area contributed by atoms with E-state index in [0.717, 1.165) is 78.9 Å². The summed E-state index contributed by atoms with van der Waals surface area (Å²) in [5.41, 5.74) is 13.0. The zero-order valence-electron chi connectivity index (χ0n) is 27.0. The van der Waals surface area contributed by atoms with Crippen molar-refractivity contribution in [1.29, 1.82) is 0 Å². The van der Waals surface area contributed by atoms with Crippen molar-refractivity contribution in [2.24, 2.45) is 0 Å². The Balaban J connectivity index is 1.04. The summed E-state index contributed by atoms with van der Waals surface area (Å²) in [5, 5.41) is 0. The lowest BCUT2D eigenvalue weighted by molar-refractivity contribution is 1.22. The molecule has 0 saturated carbocycles. The second kappa shape index (κ2) is 14.1. The maximum absolute atomic E-state index is 4.90. The Hall–Kier alpha value is -6.92. The van der Waals surface area contributed by atoms with E-state index in [4.69, 9.17) is 9.97 Å². The van der Waals surface area contributed by atoms with Gasteiger partial charge in [0.15, 0.2) is 0 Å². The normalized spacial score (nSPS) is 11.1. The van der Waals surface area contributed by atoms with Gasteiger partial charge in [-0.2, -0.15) is 0 Å². The van der Waals surface area contributed by atoms with Gasteiger partial charge in [0.25, 0.3) is 0 Å². The van der Waals surface area contributed by atoms with Gasteiger partial charge in [-0.05, 0) is 106 Å². The van der Waals surface area contributed by atoms with Gasteiger partial charge in [-0.3, -0.25) is 19.9 Å². The molecule has 0 saturated heterocycles. The van der Waals surface area contributed by atoms with E-state index >= 15 is 0 Å². The van der Waals surface area contributed by atoms with Crippen molar-refractivity contribution in [2.75, 3.05) is 0 Å². The molecular formula is C44H30N6. The lowest BCUT2D eigenvalue weighted by atomic mass is 10.00. The van der Waals surface area contributed by atoms with E-state index in [0.29, 0.717) is 0 Å². The van der Waals surface area contributed by atoms with Crippen LogP contribution in [-0.2, 0) is 0 Å². The minimum Gasteiger partial charge on any atom is -0.255 e. The van der Waals surface area contributed by atoms with Crippen LogP contribution in [0.3, 0.4) is 0 Å². The van der Waals surface area contributed by atoms with Crippen LogP contribution in [0.15, 0.2) is 170 Å². The van der Waals surface area contributed by atoms with E-state index < -0.39 is 0 Å². The molecule has 0 atom stereocenters. The molecule has 0 bridgehead atoms. The molecule has 0 spiro atoms. The monoisotopic (exact) mass is 642 g/mol. The van der Waals surface area contributed by atoms with E-state index in [-0.39, 0.29) is 0 Å². The second-order valence-electron chi connectivity index (χ2n) is 11.7. The predicted molar refractivity (Wildman–Crippen MR) is 201 cm³/mol. The molecule has 6 heteroatoms. The van der Waals surface area contributed by atoms with Gasteiger partial charge >= 0.3 is 0 Å². The van der Waals surface area contributed by atoms with Gasteiger partial charge in [0.2, 0.25) is 0 Å². The Kier molecular flexibility index (Phi) is 8.55. The van der Waals surface area contributed by atoms with Crippen LogP contribution in [0.25, 0.3) is 80.0 Å². The summed E-state index contributed by atoms with van der Waals surface area (Å²) < 4.78 is 0. The Labute approximate surface area is 290 Å². The highest BCUT2D eigenvalue weighted by atomic mass is 14.8. The molecule has 2 aromatic carbocycles. The molecule has 0 amide bonds. The van der Waals surface area contributed by atoms with Crippen molar-refractivity contribution in [3.05, 3.63) is 182 Å². The molecule has 0 aliphatic heterocycles. The molecule has 0 aliphatic rings. The fourth-order valence-electron chi connectivity index (χ4n) is 5.74. The number of aromatic nitrogens is 6. The minimum atomic E-state index is 0.809. The third kappa shape index (κ3) is 6.86. The molecule has 0 fully saturated rings. The fourth-order valence-corrected chi connectivity index (χ4v) is 5.74. The SMILES string of the molecule is C(=Cc1ccc(-c2cc(-c3ccccn3)nc(-c3ccccn3)c2)cc1)c1ccc(-c2cc(-c3ccccn3)nc(-c3ccccn3)c2)cc1. The van der Waals surface area contributed by atoms with Crippen LogP contribution >= 0.6 is 0 Å². The first kappa shape index (κ1) is 30.4. The molecule has 236 valence electrons. The predicted octanol–water partition coefficient (Wildman–Crippen LogP) is 10.2. The van der Waals surface area contributed by atoms with Crippen molar-refractivity contribution < 1.29 is 0 Å². The third-order valence-electron chi connectivity index (χ3n) is 8.32. The zero-order valence-corrected chi connectivity index (χ0v) is 27.0. The van der Waals surface area contributed by atoms with E-state index in [9.17, 15) is 0 Å². The number of pyridine rings is 6. The molecule has 0 unspecified atom stereocenters. The molecule has 6 nitrogen and oxygen atoms in total. The summed E-state index contributed by atoms with van der Waals surface area (Å²) in [6.07, 6.45) is 11.4. The first-order valence-electron chi connectivity index (χ1n) is 16.3. The standard InChI is InChI=1S/C44H30N6/c1-5-23-45-37(9-1)41-27-35(28-42(49-41)38-10-2-6-24-46-38)33-19-15-31(16-20-33)13-14-32-17-21-34(22-18-32)36-29-43(39-11-3-7-25-47-39)50-44(30-36)40-12-4-8-26-48-40/h1-30H. The van der Waals surface area contributed by atoms with Crippen LogP contribution in [0, 0.1) is 0 Å². The van der Waals surface area contributed by atoms with Crippen LogP contribution in [0.5, 0.6) is 0 Å². The Bertz CT molecular complexity index is 2090. The quantitative estimate of drug-likeness (QED) is 0.154. The number of nitrogens with zero attached hydrogens (tertiary/aromatic N) is 6. The third-order valence-corrected chi connectivity index (χ3v) is 8.32. The second-order valence-corrected chi connectivity index (χ2v) is 11.7. The smallest absolute Gasteiger partial charge is 0.0900 e. The van der Waals surface area contributed by atoms with Crippen LogP contribution in [0.4, 0.5) is 0 Å². The van der Waals surface area contributed by atoms with Gasteiger partial charge in [-0.15, -0.1) is 0 Å². The maximum atomic E-state index is 4.90. The highest BCUT2D eigenvalue weighted by Gasteiger charge is 2.12. The highest BCUT2D eigenvalue weighted by molar-refractivity contribution is 5.78. The largest absolute Gasteiger partial charge is 0.255 e. The maximum Gasteiger partial charge on any atom is 0.0900 e. The summed E-state index contributed by atoms with van der Waals surface area (Å²) in [5.74, 6) is 0. The molecule has 0 N–H and O–H groups in total. The average molecular weight is 643 g/mol. The lowest BCUT2D eigenvalue weighted by Gasteiger charge is -2.10. The van der Waals surface area contributed by atoms with Crippen molar-refractivity contribution in [2.45, 2.75) is 0 Å². The van der Waals surface area contributed by atoms with E-state index in [1.54, 1.807) is 24.8 Å². The number of hydrogen-bond acceptors (Lipinski definition) is 6. The number of hydrogen-bond donors (Lipinski definition) is 0. The molecular weight excluding hydrogens is 613 g/mol. The van der Waals surface area contributed by atoms with Crippen molar-refractivity contribution in [1.82, 2.24) is 29.9 Å². The van der Waals surface area contributed by atoms with E-state index in [2.05, 4.69) is 105 Å². The van der Waals surface area contributed by atoms with Gasteiger partial charge in [0.05, 0.1) is 45.6 Å². The number of rotatable bonds is 8. The van der Waals surface area contributed by atoms with Crippen molar-refractivity contribution in [3.8, 4) is 67.8 Å². The minimum absolute atomic E-state index is 0.809. The summed E-state index contributed by atoms with van der Waals surface area (Å²) in [4.78, 5) is 28.0. The Morgan fingerprint density at radius 1 is 0.280 bits per heavy atom. The summed E-state index contributed by atoms with van der Waals surface area (Å²) in [6.45, 7) is 0. The Morgan fingerprint density at radius 3 is 0.840 bits per heavy atom. The average Bonchev–Trinajstić information content (AvgIpc) is 3.21. The first-order chi connectivity index (χ1) is 24.7. The van der Waals surface area contributed by atoms with Crippen molar-refractivity contribution in [3.63, 3.8) is 0 Å². The summed E-state index contributed by atoms with van der Waals surface area (Å²) >= 11 is 0. The molecule has 6 aromatic heterocycles. The van der Waals surface area contributed by atoms with Gasteiger partial charge in [-0.1, -0.05) is 84.9 Å². The molecule has 8 aromatic rings. The van der Waals surface area contributed by atoms with Crippen LogP contribution in [0.1, 0.15) is 11.1 Å². The van der Waals surface area contributed by atoms with Gasteiger partial charge in [-0.25, -0.2) is 9.97 Å². The van der Waals surface area contributed by atoms with Crippen molar-refractivity contribution >= 4 is 12.2 Å². The van der Waals surface area contributed by atoms with Gasteiger partial charge < -0.3 is 0 Å². The molecule has 8 rings (SSSR count). The Morgan fingerprint density at radius 2 is 0.580 bits per heavy atom. The summed E-state index contributed by atoms with van der Waals surface area (Å²) in [7, 11) is 0. The molecule has 0 radical (unpaired) electrons. The molecule has 6 heterocycles. The highest BCUT2D eigenvalue weighted by Crippen LogP contribution is 2.31. The van der Waals surface area contributed by atoms with E-state index in [1.165, 1.54) is 0 Å². The molecule has 50 heavy (non-hydrogen) atoms. The zero-order chi connectivity index (χ0) is 33.5. The fraction of sp³-hybridized carbons (Fsp3) is 0. The van der Waals surface area contributed by atoms with Gasteiger partial charge in [0.1, 0.15) is 0 Å². The lowest BCUT2D eigenvalue weighted by Crippen LogP contribution is -1.94. The van der Waals surface area contributed by atoms with E-state index in [1.807, 2.05) is 72.8 Å². The first-order valence-corrected chi connectivity index (χ1v) is 16.3. The topological polar surface area (TPSA) is 77.3 Å².